The standard InChI is InChI=1S/C16H13FN4O2/c1-2-23-11-3-4-13(12(17)8-11)21-16(22)10-7-14-15(20-9-10)19-6-5-18-14/h3-9H,2H2,1H3,(H,21,22). The number of anilines is 1. The van der Waals surface area contributed by atoms with Crippen LogP contribution in [0.15, 0.2) is 42.9 Å². The van der Waals surface area contributed by atoms with Crippen molar-refractivity contribution in [3.63, 3.8) is 0 Å². The second-order valence-corrected chi connectivity index (χ2v) is 4.65. The van der Waals surface area contributed by atoms with Crippen LogP contribution in [-0.2, 0) is 0 Å². The highest BCUT2D eigenvalue weighted by Crippen LogP contribution is 2.21. The summed E-state index contributed by atoms with van der Waals surface area (Å²) < 4.78 is 19.2. The fourth-order valence-corrected chi connectivity index (χ4v) is 2.03. The number of carbonyl (C=O) groups excluding carboxylic acids is 1. The monoisotopic (exact) mass is 312 g/mol. The first-order chi connectivity index (χ1) is 11.2. The van der Waals surface area contributed by atoms with Crippen molar-refractivity contribution < 1.29 is 13.9 Å². The molecule has 0 fully saturated rings. The molecule has 0 bridgehead atoms. The van der Waals surface area contributed by atoms with E-state index in [0.29, 0.717) is 23.5 Å². The van der Waals surface area contributed by atoms with Crippen LogP contribution < -0.4 is 10.1 Å². The topological polar surface area (TPSA) is 77.0 Å². The Hall–Kier alpha value is -3.09. The molecule has 7 heteroatoms. The molecule has 1 aromatic carbocycles. The highest BCUT2D eigenvalue weighted by atomic mass is 19.1. The summed E-state index contributed by atoms with van der Waals surface area (Å²) >= 11 is 0. The van der Waals surface area contributed by atoms with E-state index in [-0.39, 0.29) is 11.3 Å². The van der Waals surface area contributed by atoms with Crippen molar-refractivity contribution in [3.8, 4) is 5.75 Å². The summed E-state index contributed by atoms with van der Waals surface area (Å²) in [5.41, 5.74) is 1.27. The summed E-state index contributed by atoms with van der Waals surface area (Å²) in [6, 6.07) is 5.82. The Balaban J connectivity index is 1.82. The van der Waals surface area contributed by atoms with Gasteiger partial charge in [0.25, 0.3) is 5.91 Å². The summed E-state index contributed by atoms with van der Waals surface area (Å²) in [5.74, 6) is -0.642. The van der Waals surface area contributed by atoms with E-state index in [1.54, 1.807) is 12.1 Å². The number of halogens is 1. The van der Waals surface area contributed by atoms with Gasteiger partial charge in [0.1, 0.15) is 17.1 Å². The molecule has 116 valence electrons. The van der Waals surface area contributed by atoms with Crippen LogP contribution in [0.5, 0.6) is 5.75 Å². The zero-order valence-electron chi connectivity index (χ0n) is 12.3. The minimum atomic E-state index is -0.571. The van der Waals surface area contributed by atoms with Crippen molar-refractivity contribution in [2.75, 3.05) is 11.9 Å². The molecule has 1 N–H and O–H groups in total. The Morgan fingerprint density at radius 3 is 2.83 bits per heavy atom. The van der Waals surface area contributed by atoms with Gasteiger partial charge < -0.3 is 10.1 Å². The van der Waals surface area contributed by atoms with Gasteiger partial charge in [-0.2, -0.15) is 0 Å². The van der Waals surface area contributed by atoms with Gasteiger partial charge in [-0.05, 0) is 25.1 Å². The van der Waals surface area contributed by atoms with Gasteiger partial charge in [-0.3, -0.25) is 9.78 Å². The largest absolute Gasteiger partial charge is 0.494 e. The van der Waals surface area contributed by atoms with Gasteiger partial charge in [-0.1, -0.05) is 0 Å². The fraction of sp³-hybridized carbons (Fsp3) is 0.125. The number of pyridine rings is 1. The number of nitrogens with one attached hydrogen (secondary N) is 1. The van der Waals surface area contributed by atoms with E-state index in [9.17, 15) is 9.18 Å². The quantitative estimate of drug-likeness (QED) is 0.801. The molecular formula is C16H13FN4O2. The fourth-order valence-electron chi connectivity index (χ4n) is 2.03. The zero-order chi connectivity index (χ0) is 16.2. The Labute approximate surface area is 131 Å². The molecule has 0 radical (unpaired) electrons. The van der Waals surface area contributed by atoms with Crippen LogP contribution in [0.1, 0.15) is 17.3 Å². The lowest BCUT2D eigenvalue weighted by atomic mass is 10.2. The van der Waals surface area contributed by atoms with Gasteiger partial charge in [0, 0.05) is 24.7 Å². The summed E-state index contributed by atoms with van der Waals surface area (Å²) in [7, 11) is 0. The number of fused-ring (bicyclic) bond motifs is 1. The Kier molecular flexibility index (Phi) is 4.09. The van der Waals surface area contributed by atoms with Crippen LogP contribution >= 0.6 is 0 Å². The first-order valence-electron chi connectivity index (χ1n) is 6.98. The highest BCUT2D eigenvalue weighted by molar-refractivity contribution is 6.05. The molecule has 0 saturated carbocycles. The third kappa shape index (κ3) is 3.23. The van der Waals surface area contributed by atoms with Crippen molar-refractivity contribution in [3.05, 3.63) is 54.2 Å². The second kappa shape index (κ2) is 6.35. The van der Waals surface area contributed by atoms with Gasteiger partial charge in [0.2, 0.25) is 0 Å². The number of ether oxygens (including phenoxy) is 1. The number of aromatic nitrogens is 3. The summed E-state index contributed by atoms with van der Waals surface area (Å²) in [5, 5.41) is 2.50. The van der Waals surface area contributed by atoms with E-state index in [1.165, 1.54) is 30.7 Å². The molecule has 0 saturated heterocycles. The Morgan fingerprint density at radius 1 is 1.22 bits per heavy atom. The molecule has 2 aromatic heterocycles. The van der Waals surface area contributed by atoms with E-state index in [0.717, 1.165) is 0 Å². The molecule has 0 unspecified atom stereocenters. The van der Waals surface area contributed by atoms with Crippen molar-refractivity contribution in [1.82, 2.24) is 15.0 Å². The molecule has 3 rings (SSSR count). The van der Waals surface area contributed by atoms with Gasteiger partial charge in [-0.25, -0.2) is 14.4 Å². The molecule has 1 amide bonds. The molecule has 0 atom stereocenters. The molecule has 0 aliphatic carbocycles. The van der Waals surface area contributed by atoms with Crippen molar-refractivity contribution in [2.45, 2.75) is 6.92 Å². The van der Waals surface area contributed by atoms with Gasteiger partial charge in [0.05, 0.1) is 17.9 Å². The lowest BCUT2D eigenvalue weighted by Gasteiger charge is -2.08. The Bertz CT molecular complexity index is 870. The SMILES string of the molecule is CCOc1ccc(NC(=O)c2cnc3nccnc3c2)c(F)c1. The number of nitrogens with zero attached hydrogens (tertiary/aromatic N) is 3. The predicted octanol–water partition coefficient (Wildman–Crippen LogP) is 2.81. The maximum absolute atomic E-state index is 14.0. The average Bonchev–Trinajstić information content (AvgIpc) is 2.57. The van der Waals surface area contributed by atoms with Gasteiger partial charge >= 0.3 is 0 Å². The summed E-state index contributed by atoms with van der Waals surface area (Å²) in [4.78, 5) is 24.4. The van der Waals surface area contributed by atoms with E-state index in [2.05, 4.69) is 20.3 Å². The molecule has 3 aromatic rings. The summed E-state index contributed by atoms with van der Waals surface area (Å²) in [6.07, 6.45) is 4.40. The molecule has 2 heterocycles. The molecular weight excluding hydrogens is 299 g/mol. The molecule has 23 heavy (non-hydrogen) atoms. The second-order valence-electron chi connectivity index (χ2n) is 4.65. The number of rotatable bonds is 4. The zero-order valence-corrected chi connectivity index (χ0v) is 12.3. The molecule has 0 aliphatic rings. The summed E-state index contributed by atoms with van der Waals surface area (Å²) in [6.45, 7) is 2.25. The van der Waals surface area contributed by atoms with Crippen LogP contribution in [0.4, 0.5) is 10.1 Å². The van der Waals surface area contributed by atoms with Crippen LogP contribution in [0, 0.1) is 5.82 Å². The maximum Gasteiger partial charge on any atom is 0.257 e. The molecule has 6 nitrogen and oxygen atoms in total. The minimum Gasteiger partial charge on any atom is -0.494 e. The number of hydrogen-bond donors (Lipinski definition) is 1. The smallest absolute Gasteiger partial charge is 0.257 e. The van der Waals surface area contributed by atoms with Crippen molar-refractivity contribution in [2.24, 2.45) is 0 Å². The first kappa shape index (κ1) is 14.8. The lowest BCUT2D eigenvalue weighted by molar-refractivity contribution is 0.102. The van der Waals surface area contributed by atoms with Crippen molar-refractivity contribution >= 4 is 22.8 Å². The molecule has 0 spiro atoms. The third-order valence-electron chi connectivity index (χ3n) is 3.09. The normalized spacial score (nSPS) is 10.5. The number of hydrogen-bond acceptors (Lipinski definition) is 5. The Morgan fingerprint density at radius 2 is 2.04 bits per heavy atom. The maximum atomic E-state index is 14.0. The van der Waals surface area contributed by atoms with E-state index < -0.39 is 11.7 Å². The van der Waals surface area contributed by atoms with Gasteiger partial charge in [-0.15, -0.1) is 0 Å². The average molecular weight is 312 g/mol. The predicted molar refractivity (Wildman–Crippen MR) is 82.9 cm³/mol. The van der Waals surface area contributed by atoms with Crippen LogP contribution in [-0.4, -0.2) is 27.5 Å². The number of carbonyl (C=O) groups is 1. The number of amides is 1. The van der Waals surface area contributed by atoms with E-state index >= 15 is 0 Å². The van der Waals surface area contributed by atoms with Crippen molar-refractivity contribution in [1.29, 1.82) is 0 Å². The van der Waals surface area contributed by atoms with Crippen LogP contribution in [0.3, 0.4) is 0 Å². The lowest BCUT2D eigenvalue weighted by Crippen LogP contribution is -2.13. The van der Waals surface area contributed by atoms with E-state index in [1.807, 2.05) is 6.92 Å². The minimum absolute atomic E-state index is 0.0673. The highest BCUT2D eigenvalue weighted by Gasteiger charge is 2.12. The van der Waals surface area contributed by atoms with Crippen LogP contribution in [0.25, 0.3) is 11.2 Å². The first-order valence-corrected chi connectivity index (χ1v) is 6.98. The van der Waals surface area contributed by atoms with E-state index in [4.69, 9.17) is 4.74 Å². The third-order valence-corrected chi connectivity index (χ3v) is 3.09. The number of benzene rings is 1. The van der Waals surface area contributed by atoms with Gasteiger partial charge in [0.15, 0.2) is 5.65 Å². The molecule has 0 aliphatic heterocycles. The van der Waals surface area contributed by atoms with Crippen LogP contribution in [0.2, 0.25) is 0 Å².